The summed E-state index contributed by atoms with van der Waals surface area (Å²) < 4.78 is 0. The zero-order valence-electron chi connectivity index (χ0n) is 9.81. The van der Waals surface area contributed by atoms with Crippen molar-refractivity contribution in [1.29, 1.82) is 0 Å². The summed E-state index contributed by atoms with van der Waals surface area (Å²) >= 11 is 0. The molecule has 82 valence electrons. The predicted molar refractivity (Wildman–Crippen MR) is 61.4 cm³/mol. The van der Waals surface area contributed by atoms with E-state index in [0.717, 1.165) is 18.5 Å². The Balaban J connectivity index is 1.90. The van der Waals surface area contributed by atoms with Gasteiger partial charge in [0.2, 0.25) is 0 Å². The highest BCUT2D eigenvalue weighted by atomic mass is 14.9. The fraction of sp³-hybridized carbons (Fsp3) is 1.00. The average Bonchev–Trinajstić information content (AvgIpc) is 2.75. The van der Waals surface area contributed by atoms with E-state index < -0.39 is 0 Å². The summed E-state index contributed by atoms with van der Waals surface area (Å²) in [5.74, 6) is 1.05. The van der Waals surface area contributed by atoms with Crippen LogP contribution in [0.25, 0.3) is 0 Å². The van der Waals surface area contributed by atoms with E-state index in [1.807, 2.05) is 0 Å². The fourth-order valence-electron chi connectivity index (χ4n) is 3.73. The third-order valence-electron chi connectivity index (χ3n) is 4.61. The Morgan fingerprint density at radius 3 is 2.57 bits per heavy atom. The van der Waals surface area contributed by atoms with E-state index in [2.05, 4.69) is 19.2 Å². The van der Waals surface area contributed by atoms with E-state index in [1.54, 1.807) is 0 Å². The van der Waals surface area contributed by atoms with Gasteiger partial charge in [-0.15, -0.1) is 0 Å². The minimum absolute atomic E-state index is 0.684. The van der Waals surface area contributed by atoms with Crippen molar-refractivity contribution in [3.8, 4) is 0 Å². The summed E-state index contributed by atoms with van der Waals surface area (Å²) in [6.45, 7) is 5.91. The lowest BCUT2D eigenvalue weighted by Gasteiger charge is -2.31. The maximum absolute atomic E-state index is 3.62. The van der Waals surface area contributed by atoms with Gasteiger partial charge in [0.1, 0.15) is 0 Å². The van der Waals surface area contributed by atoms with Crippen molar-refractivity contribution < 1.29 is 0 Å². The molecular formula is C13H25N. The van der Waals surface area contributed by atoms with Crippen LogP contribution in [0.5, 0.6) is 0 Å². The number of hydrogen-bond donors (Lipinski definition) is 1. The quantitative estimate of drug-likeness (QED) is 0.728. The first-order valence-corrected chi connectivity index (χ1v) is 6.48. The largest absolute Gasteiger partial charge is 0.314 e. The highest BCUT2D eigenvalue weighted by Gasteiger charge is 2.41. The van der Waals surface area contributed by atoms with E-state index in [1.165, 1.54) is 44.9 Å². The molecule has 0 aliphatic heterocycles. The molecule has 0 saturated heterocycles. The third kappa shape index (κ3) is 1.98. The molecule has 1 heteroatoms. The molecule has 1 nitrogen and oxygen atoms in total. The zero-order valence-corrected chi connectivity index (χ0v) is 9.81. The van der Waals surface area contributed by atoms with Gasteiger partial charge >= 0.3 is 0 Å². The molecule has 1 N–H and O–H groups in total. The van der Waals surface area contributed by atoms with Crippen molar-refractivity contribution in [2.24, 2.45) is 11.3 Å². The Morgan fingerprint density at radius 2 is 1.93 bits per heavy atom. The van der Waals surface area contributed by atoms with Gasteiger partial charge in [0.05, 0.1) is 0 Å². The first-order chi connectivity index (χ1) is 6.74. The smallest absolute Gasteiger partial charge is 0.00724 e. The summed E-state index contributed by atoms with van der Waals surface area (Å²) in [4.78, 5) is 0. The summed E-state index contributed by atoms with van der Waals surface area (Å²) in [5, 5.41) is 3.62. The molecule has 0 aromatic carbocycles. The van der Waals surface area contributed by atoms with E-state index >= 15 is 0 Å². The Bertz CT molecular complexity index is 184. The van der Waals surface area contributed by atoms with Gasteiger partial charge < -0.3 is 5.32 Å². The van der Waals surface area contributed by atoms with Crippen LogP contribution in [0.2, 0.25) is 0 Å². The first-order valence-electron chi connectivity index (χ1n) is 6.48. The highest BCUT2D eigenvalue weighted by molar-refractivity contribution is 4.94. The first kappa shape index (κ1) is 10.5. The van der Waals surface area contributed by atoms with Crippen LogP contribution >= 0.6 is 0 Å². The van der Waals surface area contributed by atoms with Crippen LogP contribution in [0.4, 0.5) is 0 Å². The van der Waals surface area contributed by atoms with Crippen LogP contribution < -0.4 is 5.32 Å². The molecule has 0 aromatic heterocycles. The minimum Gasteiger partial charge on any atom is -0.314 e. The van der Waals surface area contributed by atoms with Gasteiger partial charge in [-0.3, -0.25) is 0 Å². The Labute approximate surface area is 88.7 Å². The maximum atomic E-state index is 3.62. The Kier molecular flexibility index (Phi) is 3.16. The molecule has 2 fully saturated rings. The standard InChI is InChI=1S/C13H25N/c1-3-14-12-8-9-13(2,10-12)11-6-4-5-7-11/h11-12,14H,3-10H2,1-2H3. The summed E-state index contributed by atoms with van der Waals surface area (Å²) in [6.07, 6.45) is 10.3. The van der Waals surface area contributed by atoms with Crippen molar-refractivity contribution in [1.82, 2.24) is 5.32 Å². The summed E-state index contributed by atoms with van der Waals surface area (Å²) in [7, 11) is 0. The van der Waals surface area contributed by atoms with Crippen LogP contribution in [0, 0.1) is 11.3 Å². The van der Waals surface area contributed by atoms with Crippen molar-refractivity contribution in [3.05, 3.63) is 0 Å². The second-order valence-electron chi connectivity index (χ2n) is 5.63. The van der Waals surface area contributed by atoms with Crippen molar-refractivity contribution in [2.75, 3.05) is 6.54 Å². The second kappa shape index (κ2) is 4.22. The monoisotopic (exact) mass is 195 g/mol. The molecule has 0 amide bonds. The molecule has 2 aliphatic carbocycles. The average molecular weight is 195 g/mol. The predicted octanol–water partition coefficient (Wildman–Crippen LogP) is 3.34. The molecule has 14 heavy (non-hydrogen) atoms. The normalized spacial score (nSPS) is 39.4. The molecule has 0 bridgehead atoms. The lowest BCUT2D eigenvalue weighted by atomic mass is 9.74. The third-order valence-corrected chi connectivity index (χ3v) is 4.61. The van der Waals surface area contributed by atoms with Gasteiger partial charge in [-0.05, 0) is 50.0 Å². The van der Waals surface area contributed by atoms with E-state index in [9.17, 15) is 0 Å². The maximum Gasteiger partial charge on any atom is 0.00724 e. The molecular weight excluding hydrogens is 170 g/mol. The fourth-order valence-corrected chi connectivity index (χ4v) is 3.73. The van der Waals surface area contributed by atoms with Crippen molar-refractivity contribution in [2.45, 2.75) is 64.8 Å². The minimum atomic E-state index is 0.684. The van der Waals surface area contributed by atoms with Crippen molar-refractivity contribution in [3.63, 3.8) is 0 Å². The highest BCUT2D eigenvalue weighted by Crippen LogP contribution is 2.50. The lowest BCUT2D eigenvalue weighted by Crippen LogP contribution is -2.29. The van der Waals surface area contributed by atoms with Crippen LogP contribution in [-0.4, -0.2) is 12.6 Å². The van der Waals surface area contributed by atoms with E-state index in [0.29, 0.717) is 5.41 Å². The molecule has 0 radical (unpaired) electrons. The van der Waals surface area contributed by atoms with Gasteiger partial charge in [0.15, 0.2) is 0 Å². The Hall–Kier alpha value is -0.0400. The summed E-state index contributed by atoms with van der Waals surface area (Å²) in [5.41, 5.74) is 0.684. The van der Waals surface area contributed by atoms with Gasteiger partial charge in [-0.25, -0.2) is 0 Å². The zero-order chi connectivity index (χ0) is 10.0. The second-order valence-corrected chi connectivity index (χ2v) is 5.63. The Morgan fingerprint density at radius 1 is 1.21 bits per heavy atom. The molecule has 2 rings (SSSR count). The van der Waals surface area contributed by atoms with Gasteiger partial charge in [-0.2, -0.15) is 0 Å². The van der Waals surface area contributed by atoms with Crippen LogP contribution in [0.15, 0.2) is 0 Å². The molecule has 2 aliphatic rings. The summed E-state index contributed by atoms with van der Waals surface area (Å²) in [6, 6.07) is 0.825. The van der Waals surface area contributed by atoms with E-state index in [-0.39, 0.29) is 0 Å². The van der Waals surface area contributed by atoms with Gasteiger partial charge in [0, 0.05) is 6.04 Å². The molecule has 0 spiro atoms. The SMILES string of the molecule is CCNC1CCC(C)(C2CCCC2)C1. The lowest BCUT2D eigenvalue weighted by molar-refractivity contribution is 0.192. The van der Waals surface area contributed by atoms with Gasteiger partial charge in [0.25, 0.3) is 0 Å². The topological polar surface area (TPSA) is 12.0 Å². The molecule has 2 unspecified atom stereocenters. The van der Waals surface area contributed by atoms with E-state index in [4.69, 9.17) is 0 Å². The molecule has 0 aromatic rings. The molecule has 0 heterocycles. The number of hydrogen-bond acceptors (Lipinski definition) is 1. The van der Waals surface area contributed by atoms with Crippen molar-refractivity contribution >= 4 is 0 Å². The molecule has 2 atom stereocenters. The van der Waals surface area contributed by atoms with Crippen LogP contribution in [-0.2, 0) is 0 Å². The number of rotatable bonds is 3. The van der Waals surface area contributed by atoms with Crippen LogP contribution in [0.3, 0.4) is 0 Å². The molecule has 2 saturated carbocycles. The van der Waals surface area contributed by atoms with Crippen LogP contribution in [0.1, 0.15) is 58.8 Å². The van der Waals surface area contributed by atoms with Gasteiger partial charge in [-0.1, -0.05) is 26.7 Å². The number of nitrogens with one attached hydrogen (secondary N) is 1.